The van der Waals surface area contributed by atoms with E-state index in [9.17, 15) is 8.78 Å². The minimum atomic E-state index is -2.94. The Balaban J connectivity index is 0.00000300. The molecule has 11 heteroatoms. The van der Waals surface area contributed by atoms with Crippen molar-refractivity contribution in [1.82, 2.24) is 25.4 Å². The van der Waals surface area contributed by atoms with Gasteiger partial charge in [-0.3, -0.25) is 4.99 Å². The summed E-state index contributed by atoms with van der Waals surface area (Å²) in [5.74, 6) is 2.67. The molecule has 1 aliphatic rings. The average Bonchev–Trinajstić information content (AvgIpc) is 3.28. The average molecular weight is 522 g/mol. The highest BCUT2D eigenvalue weighted by Crippen LogP contribution is 2.32. The van der Waals surface area contributed by atoms with Gasteiger partial charge in [0.2, 0.25) is 0 Å². The molecule has 8 nitrogen and oxygen atoms in total. The predicted octanol–water partition coefficient (Wildman–Crippen LogP) is 2.71. The largest absolute Gasteiger partial charge is 0.490 e. The van der Waals surface area contributed by atoms with Crippen LogP contribution in [-0.2, 0) is 26.1 Å². The number of alkyl halides is 2. The van der Waals surface area contributed by atoms with Crippen molar-refractivity contribution in [3.63, 3.8) is 0 Å². The standard InChI is InChI=1S/C18H24F2N6O2.HI/c1-3-27-13-7-4-6-12(16(13)28-17(19)20)10-22-18(21-2)23-11-15-25-24-14-8-5-9-26(14)15;/h4,6-7,17H,3,5,8-11H2,1-2H3,(H2,21,22,23);1H. The Morgan fingerprint density at radius 2 is 2.07 bits per heavy atom. The van der Waals surface area contributed by atoms with Crippen LogP contribution < -0.4 is 20.1 Å². The molecule has 0 fully saturated rings. The van der Waals surface area contributed by atoms with Crippen molar-refractivity contribution in [1.29, 1.82) is 0 Å². The molecule has 0 atom stereocenters. The Morgan fingerprint density at radius 3 is 2.79 bits per heavy atom. The molecular formula is C18H25F2IN6O2. The van der Waals surface area contributed by atoms with Gasteiger partial charge in [0.15, 0.2) is 23.3 Å². The Labute approximate surface area is 185 Å². The Morgan fingerprint density at radius 1 is 1.28 bits per heavy atom. The zero-order valence-corrected chi connectivity index (χ0v) is 18.7. The molecule has 2 aromatic rings. The van der Waals surface area contributed by atoms with Crippen LogP contribution in [0.25, 0.3) is 0 Å². The maximum absolute atomic E-state index is 12.8. The lowest BCUT2D eigenvalue weighted by Gasteiger charge is -2.17. The fourth-order valence-electron chi connectivity index (χ4n) is 3.10. The molecule has 3 rings (SSSR count). The quantitative estimate of drug-likeness (QED) is 0.315. The van der Waals surface area contributed by atoms with E-state index in [1.807, 2.05) is 0 Å². The Bertz CT molecular complexity index is 831. The van der Waals surface area contributed by atoms with Gasteiger partial charge in [-0.05, 0) is 19.4 Å². The van der Waals surface area contributed by atoms with Crippen molar-refractivity contribution in [3.05, 3.63) is 35.4 Å². The number of ether oxygens (including phenoxy) is 2. The minimum absolute atomic E-state index is 0. The number of halogens is 3. The van der Waals surface area contributed by atoms with Crippen LogP contribution in [0.3, 0.4) is 0 Å². The number of hydrogen-bond donors (Lipinski definition) is 2. The van der Waals surface area contributed by atoms with E-state index in [2.05, 4.69) is 35.1 Å². The zero-order valence-electron chi connectivity index (χ0n) is 16.3. The van der Waals surface area contributed by atoms with Crippen molar-refractivity contribution >= 4 is 29.9 Å². The number of nitrogens with zero attached hydrogens (tertiary/aromatic N) is 4. The van der Waals surface area contributed by atoms with Gasteiger partial charge in [0.1, 0.15) is 5.82 Å². The lowest BCUT2D eigenvalue weighted by molar-refractivity contribution is -0.0520. The second kappa shape index (κ2) is 11.1. The first-order valence-corrected chi connectivity index (χ1v) is 9.17. The second-order valence-electron chi connectivity index (χ2n) is 6.12. The topological polar surface area (TPSA) is 85.6 Å². The van der Waals surface area contributed by atoms with Gasteiger partial charge in [-0.25, -0.2) is 0 Å². The van der Waals surface area contributed by atoms with Gasteiger partial charge < -0.3 is 24.7 Å². The van der Waals surface area contributed by atoms with Crippen molar-refractivity contribution in [2.24, 2.45) is 4.99 Å². The van der Waals surface area contributed by atoms with Gasteiger partial charge in [-0.1, -0.05) is 12.1 Å². The van der Waals surface area contributed by atoms with Gasteiger partial charge in [0.05, 0.1) is 13.2 Å². The summed E-state index contributed by atoms with van der Waals surface area (Å²) in [6, 6.07) is 5.03. The fourth-order valence-corrected chi connectivity index (χ4v) is 3.10. The normalized spacial score (nSPS) is 13.1. The lowest BCUT2D eigenvalue weighted by Crippen LogP contribution is -2.37. The number of nitrogens with one attached hydrogen (secondary N) is 2. The molecule has 0 saturated carbocycles. The molecule has 2 heterocycles. The van der Waals surface area contributed by atoms with Crippen LogP contribution in [0.5, 0.6) is 11.5 Å². The predicted molar refractivity (Wildman–Crippen MR) is 115 cm³/mol. The molecule has 0 unspecified atom stereocenters. The summed E-state index contributed by atoms with van der Waals surface area (Å²) >= 11 is 0. The van der Waals surface area contributed by atoms with Gasteiger partial charge in [-0.15, -0.1) is 34.2 Å². The highest BCUT2D eigenvalue weighted by atomic mass is 127. The first-order valence-electron chi connectivity index (χ1n) is 9.17. The maximum Gasteiger partial charge on any atom is 0.387 e. The lowest BCUT2D eigenvalue weighted by atomic mass is 10.2. The van der Waals surface area contributed by atoms with Crippen molar-refractivity contribution in [2.75, 3.05) is 13.7 Å². The molecule has 1 aromatic heterocycles. The summed E-state index contributed by atoms with van der Waals surface area (Å²) < 4.78 is 37.8. The van der Waals surface area contributed by atoms with E-state index in [1.165, 1.54) is 0 Å². The fraction of sp³-hybridized carbons (Fsp3) is 0.500. The van der Waals surface area contributed by atoms with E-state index in [1.54, 1.807) is 32.2 Å². The zero-order chi connectivity index (χ0) is 19.9. The first-order chi connectivity index (χ1) is 13.6. The monoisotopic (exact) mass is 522 g/mol. The third-order valence-corrected chi connectivity index (χ3v) is 4.34. The molecule has 0 bridgehead atoms. The van der Waals surface area contributed by atoms with Gasteiger partial charge in [0, 0.05) is 32.1 Å². The molecule has 1 aromatic carbocycles. The number of fused-ring (bicyclic) bond motifs is 1. The molecular weight excluding hydrogens is 497 g/mol. The van der Waals surface area contributed by atoms with Crippen molar-refractivity contribution in [3.8, 4) is 11.5 Å². The highest BCUT2D eigenvalue weighted by Gasteiger charge is 2.18. The number of benzene rings is 1. The number of aromatic nitrogens is 3. The van der Waals surface area contributed by atoms with Crippen LogP contribution in [0.4, 0.5) is 8.78 Å². The molecule has 160 valence electrons. The molecule has 2 N–H and O–H groups in total. The Hall–Kier alpha value is -2.18. The summed E-state index contributed by atoms with van der Waals surface area (Å²) in [6.45, 7) is 0.816. The summed E-state index contributed by atoms with van der Waals surface area (Å²) in [6.07, 6.45) is 2.02. The molecule has 1 aliphatic heterocycles. The van der Waals surface area contributed by atoms with Gasteiger partial charge in [0.25, 0.3) is 0 Å². The molecule has 0 saturated heterocycles. The molecule has 0 amide bonds. The number of para-hydroxylation sites is 1. The van der Waals surface area contributed by atoms with Crippen LogP contribution in [0.2, 0.25) is 0 Å². The van der Waals surface area contributed by atoms with Gasteiger partial charge in [-0.2, -0.15) is 8.78 Å². The maximum atomic E-state index is 12.8. The van der Waals surface area contributed by atoms with E-state index in [-0.39, 0.29) is 42.0 Å². The molecule has 29 heavy (non-hydrogen) atoms. The number of aliphatic imine (C=N–C) groups is 1. The van der Waals surface area contributed by atoms with Gasteiger partial charge >= 0.3 is 6.61 Å². The summed E-state index contributed by atoms with van der Waals surface area (Å²) in [5, 5.41) is 14.6. The van der Waals surface area contributed by atoms with Crippen LogP contribution in [0.15, 0.2) is 23.2 Å². The smallest absolute Gasteiger partial charge is 0.387 e. The second-order valence-corrected chi connectivity index (χ2v) is 6.12. The molecule has 0 spiro atoms. The van der Waals surface area contributed by atoms with Crippen LogP contribution in [0.1, 0.15) is 30.6 Å². The molecule has 0 radical (unpaired) electrons. The summed E-state index contributed by atoms with van der Waals surface area (Å²) in [7, 11) is 1.64. The van der Waals surface area contributed by atoms with E-state index in [0.29, 0.717) is 24.7 Å². The third kappa shape index (κ3) is 5.90. The van der Waals surface area contributed by atoms with Crippen molar-refractivity contribution in [2.45, 2.75) is 46.0 Å². The number of hydrogen-bond acceptors (Lipinski definition) is 5. The first kappa shape index (κ1) is 23.1. The Kier molecular flexibility index (Phi) is 8.86. The van der Waals surface area contributed by atoms with Crippen LogP contribution in [-0.4, -0.2) is 41.0 Å². The van der Waals surface area contributed by atoms with Crippen LogP contribution >= 0.6 is 24.0 Å². The third-order valence-electron chi connectivity index (χ3n) is 4.34. The molecule has 0 aliphatic carbocycles. The SMILES string of the molecule is CCOc1cccc(CNC(=NC)NCc2nnc3n2CCC3)c1OC(F)F.I. The number of rotatable bonds is 8. The van der Waals surface area contributed by atoms with Crippen molar-refractivity contribution < 1.29 is 18.3 Å². The van der Waals surface area contributed by atoms with Crippen LogP contribution in [0, 0.1) is 0 Å². The minimum Gasteiger partial charge on any atom is -0.490 e. The van der Waals surface area contributed by atoms with E-state index in [4.69, 9.17) is 4.74 Å². The number of guanidine groups is 1. The summed E-state index contributed by atoms with van der Waals surface area (Å²) in [4.78, 5) is 4.16. The highest BCUT2D eigenvalue weighted by molar-refractivity contribution is 14.0. The van der Waals surface area contributed by atoms with E-state index >= 15 is 0 Å². The van der Waals surface area contributed by atoms with E-state index in [0.717, 1.165) is 31.0 Å². The summed E-state index contributed by atoms with van der Waals surface area (Å²) in [5.41, 5.74) is 0.539. The number of aryl methyl sites for hydroxylation is 1. The van der Waals surface area contributed by atoms with E-state index < -0.39 is 6.61 Å².